The van der Waals surface area contributed by atoms with Crippen LogP contribution in [0.5, 0.6) is 11.5 Å². The van der Waals surface area contributed by atoms with E-state index < -0.39 is 11.8 Å². The van der Waals surface area contributed by atoms with Crippen molar-refractivity contribution < 1.29 is 19.1 Å². The van der Waals surface area contributed by atoms with Gasteiger partial charge >= 0.3 is 11.8 Å². The fourth-order valence-corrected chi connectivity index (χ4v) is 3.82. The zero-order valence-electron chi connectivity index (χ0n) is 16.9. The Labute approximate surface area is 189 Å². The number of thioether (sulfide) groups is 2. The molecule has 0 unspecified atom stereocenters. The maximum absolute atomic E-state index is 13.2. The van der Waals surface area contributed by atoms with Gasteiger partial charge in [-0.2, -0.15) is 0 Å². The fourth-order valence-electron chi connectivity index (χ4n) is 3.00. The van der Waals surface area contributed by atoms with Gasteiger partial charge in [0.25, 0.3) is 0 Å². The molecule has 0 radical (unpaired) electrons. The van der Waals surface area contributed by atoms with Crippen LogP contribution in [0.15, 0.2) is 100 Å². The van der Waals surface area contributed by atoms with Gasteiger partial charge in [-0.05, 0) is 73.2 Å². The Hall–Kier alpha value is -3.16. The highest BCUT2D eigenvalue weighted by molar-refractivity contribution is 7.98. The van der Waals surface area contributed by atoms with Gasteiger partial charge in [-0.1, -0.05) is 18.2 Å². The largest absolute Gasteiger partial charge is 0.447 e. The molecule has 1 heterocycles. The monoisotopic (exact) mass is 449 g/mol. The third-order valence-corrected chi connectivity index (χ3v) is 6.06. The number of nitrogens with zero attached hydrogens (tertiary/aromatic N) is 1. The first kappa shape index (κ1) is 21.1. The first-order valence-corrected chi connectivity index (χ1v) is 11.9. The van der Waals surface area contributed by atoms with Crippen LogP contribution in [-0.2, 0) is 9.59 Å². The molecular formula is C24H19NO4S2. The van der Waals surface area contributed by atoms with Crippen LogP contribution in [0.4, 0.5) is 5.69 Å². The van der Waals surface area contributed by atoms with Gasteiger partial charge in [-0.25, -0.2) is 4.90 Å². The summed E-state index contributed by atoms with van der Waals surface area (Å²) in [6.07, 6.45) is 3.95. The van der Waals surface area contributed by atoms with Gasteiger partial charge in [0.2, 0.25) is 11.5 Å². The van der Waals surface area contributed by atoms with Gasteiger partial charge in [0.15, 0.2) is 0 Å². The number of benzene rings is 3. The Morgan fingerprint density at radius 3 is 1.42 bits per heavy atom. The van der Waals surface area contributed by atoms with Crippen molar-refractivity contribution in [1.82, 2.24) is 0 Å². The number of ether oxygens (including phenoxy) is 2. The molecule has 7 heteroatoms. The minimum Gasteiger partial charge on any atom is -0.447 e. The van der Waals surface area contributed by atoms with Crippen LogP contribution in [0.25, 0.3) is 0 Å². The Bertz CT molecular complexity index is 1060. The van der Waals surface area contributed by atoms with Gasteiger partial charge in [-0.15, -0.1) is 23.5 Å². The van der Waals surface area contributed by atoms with Crippen LogP contribution in [0.2, 0.25) is 0 Å². The van der Waals surface area contributed by atoms with E-state index in [1.807, 2.05) is 42.8 Å². The summed E-state index contributed by atoms with van der Waals surface area (Å²) in [6.45, 7) is 0. The molecule has 5 nitrogen and oxygen atoms in total. The minimum atomic E-state index is -0.569. The maximum Gasteiger partial charge on any atom is 0.305 e. The number of amides is 2. The first-order chi connectivity index (χ1) is 15.1. The van der Waals surface area contributed by atoms with E-state index in [4.69, 9.17) is 9.47 Å². The highest BCUT2D eigenvalue weighted by atomic mass is 32.2. The number of para-hydroxylation sites is 1. The van der Waals surface area contributed by atoms with Gasteiger partial charge in [-0.3, -0.25) is 9.59 Å². The molecule has 31 heavy (non-hydrogen) atoms. The van der Waals surface area contributed by atoms with Crippen molar-refractivity contribution in [3.8, 4) is 11.5 Å². The number of hydrogen-bond acceptors (Lipinski definition) is 6. The second kappa shape index (κ2) is 9.32. The van der Waals surface area contributed by atoms with E-state index in [-0.39, 0.29) is 11.5 Å². The van der Waals surface area contributed by atoms with E-state index in [9.17, 15) is 9.59 Å². The van der Waals surface area contributed by atoms with Crippen molar-refractivity contribution in [3.63, 3.8) is 0 Å². The fraction of sp³-hybridized carbons (Fsp3) is 0.0833. The summed E-state index contributed by atoms with van der Waals surface area (Å²) >= 11 is 3.20. The molecule has 0 saturated heterocycles. The van der Waals surface area contributed by atoms with Crippen molar-refractivity contribution >= 4 is 41.0 Å². The van der Waals surface area contributed by atoms with Crippen molar-refractivity contribution in [2.75, 3.05) is 17.4 Å². The number of hydrogen-bond donors (Lipinski definition) is 0. The molecule has 0 bridgehead atoms. The Morgan fingerprint density at radius 1 is 0.613 bits per heavy atom. The lowest BCUT2D eigenvalue weighted by Gasteiger charge is -2.14. The second-order valence-corrected chi connectivity index (χ2v) is 8.25. The average molecular weight is 450 g/mol. The van der Waals surface area contributed by atoms with Crippen LogP contribution < -0.4 is 14.4 Å². The van der Waals surface area contributed by atoms with Crippen LogP contribution in [0.3, 0.4) is 0 Å². The van der Waals surface area contributed by atoms with Gasteiger partial charge in [0, 0.05) is 9.79 Å². The molecule has 3 aromatic carbocycles. The molecule has 0 atom stereocenters. The van der Waals surface area contributed by atoms with Crippen molar-refractivity contribution in [1.29, 1.82) is 0 Å². The quantitative estimate of drug-likeness (QED) is 0.357. The lowest BCUT2D eigenvalue weighted by molar-refractivity contribution is -0.121. The lowest BCUT2D eigenvalue weighted by atomic mass is 10.3. The summed E-state index contributed by atoms with van der Waals surface area (Å²) in [7, 11) is 0. The lowest BCUT2D eigenvalue weighted by Crippen LogP contribution is -2.32. The van der Waals surface area contributed by atoms with E-state index in [0.717, 1.165) is 14.7 Å². The molecule has 0 fully saturated rings. The van der Waals surface area contributed by atoms with Gasteiger partial charge in [0.05, 0.1) is 5.69 Å². The Balaban J connectivity index is 1.70. The number of rotatable bonds is 7. The van der Waals surface area contributed by atoms with Crippen molar-refractivity contribution in [2.24, 2.45) is 0 Å². The minimum absolute atomic E-state index is 0.139. The highest BCUT2D eigenvalue weighted by Gasteiger charge is 2.43. The van der Waals surface area contributed by atoms with Crippen molar-refractivity contribution in [2.45, 2.75) is 9.79 Å². The molecule has 156 valence electrons. The van der Waals surface area contributed by atoms with Crippen molar-refractivity contribution in [3.05, 3.63) is 90.4 Å². The zero-order valence-corrected chi connectivity index (χ0v) is 18.5. The molecule has 4 rings (SSSR count). The predicted molar refractivity (Wildman–Crippen MR) is 124 cm³/mol. The van der Waals surface area contributed by atoms with Crippen LogP contribution in [0.1, 0.15) is 0 Å². The molecule has 3 aromatic rings. The molecule has 1 aliphatic rings. The average Bonchev–Trinajstić information content (AvgIpc) is 3.04. The van der Waals surface area contributed by atoms with E-state index >= 15 is 0 Å². The summed E-state index contributed by atoms with van der Waals surface area (Å²) < 4.78 is 11.7. The summed E-state index contributed by atoms with van der Waals surface area (Å²) in [5.74, 6) is -0.522. The van der Waals surface area contributed by atoms with Crippen LogP contribution >= 0.6 is 23.5 Å². The SMILES string of the molecule is CSc1ccc(OC2=C(Oc3ccc(SC)cc3)C(=O)N(c3ccccc3)C2=O)cc1. The van der Waals surface area contributed by atoms with E-state index in [2.05, 4.69) is 0 Å². The number of imide groups is 1. The standard InChI is InChI=1S/C24H19NO4S2/c1-30-19-12-8-17(9-13-19)28-21-22(29-18-10-14-20(31-2)15-11-18)24(27)25(23(21)26)16-6-4-3-5-7-16/h3-15H,1-2H3. The molecule has 0 spiro atoms. The summed E-state index contributed by atoms with van der Waals surface area (Å²) in [5, 5.41) is 0. The van der Waals surface area contributed by atoms with Gasteiger partial charge in [0.1, 0.15) is 11.5 Å². The molecule has 2 amide bonds. The third kappa shape index (κ3) is 4.47. The summed E-state index contributed by atoms with van der Waals surface area (Å²) in [6, 6.07) is 23.3. The number of carbonyl (C=O) groups excluding carboxylic acids is 2. The first-order valence-electron chi connectivity index (χ1n) is 9.42. The van der Waals surface area contributed by atoms with E-state index in [0.29, 0.717) is 17.2 Å². The van der Waals surface area contributed by atoms with Gasteiger partial charge < -0.3 is 9.47 Å². The number of anilines is 1. The molecule has 0 aromatic heterocycles. The zero-order chi connectivity index (χ0) is 21.8. The second-order valence-electron chi connectivity index (χ2n) is 6.49. The Morgan fingerprint density at radius 2 is 1.03 bits per heavy atom. The maximum atomic E-state index is 13.2. The predicted octanol–water partition coefficient (Wildman–Crippen LogP) is 5.37. The summed E-state index contributed by atoms with van der Waals surface area (Å²) in [5.41, 5.74) is 0.452. The number of carbonyl (C=O) groups is 2. The molecular weight excluding hydrogens is 430 g/mol. The smallest absolute Gasteiger partial charge is 0.305 e. The molecule has 0 aliphatic carbocycles. The van der Waals surface area contributed by atoms with E-state index in [1.54, 1.807) is 72.1 Å². The van der Waals surface area contributed by atoms with Crippen LogP contribution in [-0.4, -0.2) is 24.3 Å². The molecule has 1 aliphatic heterocycles. The molecule has 0 saturated carbocycles. The topological polar surface area (TPSA) is 55.8 Å². The van der Waals surface area contributed by atoms with Crippen LogP contribution in [0, 0.1) is 0 Å². The Kier molecular flexibility index (Phi) is 6.34. The third-order valence-electron chi connectivity index (χ3n) is 4.57. The van der Waals surface area contributed by atoms with E-state index in [1.165, 1.54) is 0 Å². The summed E-state index contributed by atoms with van der Waals surface area (Å²) in [4.78, 5) is 29.5. The normalized spacial score (nSPS) is 13.7. The highest BCUT2D eigenvalue weighted by Crippen LogP contribution is 2.31. The molecule has 0 N–H and O–H groups in total.